The van der Waals surface area contributed by atoms with E-state index in [0.29, 0.717) is 11.5 Å². The average Bonchev–Trinajstić information content (AvgIpc) is 2.52. The highest BCUT2D eigenvalue weighted by atomic mass is 16.3. The van der Waals surface area contributed by atoms with E-state index in [9.17, 15) is 4.79 Å². The Hall–Kier alpha value is -1.51. The van der Waals surface area contributed by atoms with Gasteiger partial charge in [-0.1, -0.05) is 6.08 Å². The van der Waals surface area contributed by atoms with Gasteiger partial charge in [0, 0.05) is 7.05 Å². The molecule has 0 atom stereocenters. The lowest BCUT2D eigenvalue weighted by atomic mass is 10.4. The molecule has 1 amide bonds. The highest BCUT2D eigenvalue weighted by Crippen LogP contribution is 2.08. The molecule has 0 radical (unpaired) electrons. The van der Waals surface area contributed by atoms with E-state index < -0.39 is 0 Å². The van der Waals surface area contributed by atoms with Crippen LogP contribution < -0.4 is 5.32 Å². The van der Waals surface area contributed by atoms with Gasteiger partial charge in [-0.3, -0.25) is 4.79 Å². The Kier molecular flexibility index (Phi) is 2.69. The minimum Gasteiger partial charge on any atom is -0.452 e. The Bertz CT molecular complexity index is 299. The second-order valence-electron chi connectivity index (χ2n) is 2.28. The standard InChI is InChI=1S/C9H11NO2/c1-3-4-7-5-6-8(12-7)9(11)10-2/h3-6H,1-2H3,(H,10,11)/b4-3+. The highest BCUT2D eigenvalue weighted by Gasteiger charge is 2.06. The molecular weight excluding hydrogens is 154 g/mol. The summed E-state index contributed by atoms with van der Waals surface area (Å²) < 4.78 is 5.18. The van der Waals surface area contributed by atoms with Gasteiger partial charge in [0.2, 0.25) is 0 Å². The Balaban J connectivity index is 2.84. The van der Waals surface area contributed by atoms with Gasteiger partial charge in [0.1, 0.15) is 5.76 Å². The van der Waals surface area contributed by atoms with Crippen LogP contribution in [-0.2, 0) is 0 Å². The predicted molar refractivity (Wildman–Crippen MR) is 46.8 cm³/mol. The third-order valence-corrected chi connectivity index (χ3v) is 1.41. The summed E-state index contributed by atoms with van der Waals surface area (Å²) in [5, 5.41) is 2.48. The quantitative estimate of drug-likeness (QED) is 0.724. The van der Waals surface area contributed by atoms with E-state index in [1.54, 1.807) is 25.3 Å². The third-order valence-electron chi connectivity index (χ3n) is 1.41. The van der Waals surface area contributed by atoms with Crippen LogP contribution in [0.1, 0.15) is 23.2 Å². The Labute approximate surface area is 71.1 Å². The zero-order valence-corrected chi connectivity index (χ0v) is 7.13. The summed E-state index contributed by atoms with van der Waals surface area (Å²) in [5.41, 5.74) is 0. The first kappa shape index (κ1) is 8.59. The topological polar surface area (TPSA) is 42.2 Å². The molecule has 0 spiro atoms. The summed E-state index contributed by atoms with van der Waals surface area (Å²) in [5.74, 6) is 0.826. The number of carbonyl (C=O) groups is 1. The molecule has 0 fully saturated rings. The van der Waals surface area contributed by atoms with Gasteiger partial charge in [-0.15, -0.1) is 0 Å². The lowest BCUT2D eigenvalue weighted by Crippen LogP contribution is -2.16. The van der Waals surface area contributed by atoms with E-state index >= 15 is 0 Å². The van der Waals surface area contributed by atoms with Crippen LogP contribution in [0.5, 0.6) is 0 Å². The maximum Gasteiger partial charge on any atom is 0.286 e. The zero-order chi connectivity index (χ0) is 8.97. The first-order valence-electron chi connectivity index (χ1n) is 3.72. The summed E-state index contributed by atoms with van der Waals surface area (Å²) in [6, 6.07) is 3.40. The summed E-state index contributed by atoms with van der Waals surface area (Å²) in [4.78, 5) is 11.0. The van der Waals surface area contributed by atoms with Crippen LogP contribution in [0, 0.1) is 0 Å². The van der Waals surface area contributed by atoms with E-state index in [1.165, 1.54) is 0 Å². The number of nitrogens with one attached hydrogen (secondary N) is 1. The molecular formula is C9H11NO2. The largest absolute Gasteiger partial charge is 0.452 e. The maximum absolute atomic E-state index is 11.0. The fourth-order valence-corrected chi connectivity index (χ4v) is 0.852. The van der Waals surface area contributed by atoms with Crippen molar-refractivity contribution >= 4 is 12.0 Å². The number of hydrogen-bond donors (Lipinski definition) is 1. The van der Waals surface area contributed by atoms with Crippen molar-refractivity contribution < 1.29 is 9.21 Å². The molecule has 0 aliphatic rings. The van der Waals surface area contributed by atoms with E-state index in [2.05, 4.69) is 5.32 Å². The SMILES string of the molecule is C/C=C/c1ccc(C(=O)NC)o1. The summed E-state index contributed by atoms with van der Waals surface area (Å²) in [6.07, 6.45) is 3.65. The second kappa shape index (κ2) is 3.76. The molecule has 1 heterocycles. The van der Waals surface area contributed by atoms with Gasteiger partial charge in [-0.2, -0.15) is 0 Å². The highest BCUT2D eigenvalue weighted by molar-refractivity contribution is 5.91. The van der Waals surface area contributed by atoms with Crippen LogP contribution >= 0.6 is 0 Å². The van der Waals surface area contributed by atoms with Crippen molar-refractivity contribution in [1.29, 1.82) is 0 Å². The fourth-order valence-electron chi connectivity index (χ4n) is 0.852. The molecule has 0 aliphatic heterocycles. The first-order chi connectivity index (χ1) is 5.77. The minimum absolute atomic E-state index is 0.203. The molecule has 3 nitrogen and oxygen atoms in total. The Morgan fingerprint density at radius 1 is 1.58 bits per heavy atom. The summed E-state index contributed by atoms with van der Waals surface area (Å²) in [6.45, 7) is 1.89. The van der Waals surface area contributed by atoms with E-state index in [0.717, 1.165) is 0 Å². The van der Waals surface area contributed by atoms with Crippen molar-refractivity contribution in [3.63, 3.8) is 0 Å². The van der Waals surface area contributed by atoms with Crippen molar-refractivity contribution in [2.24, 2.45) is 0 Å². The molecule has 0 saturated carbocycles. The molecule has 1 aromatic rings. The van der Waals surface area contributed by atoms with Gasteiger partial charge in [0.15, 0.2) is 5.76 Å². The van der Waals surface area contributed by atoms with Crippen LogP contribution in [0.25, 0.3) is 6.08 Å². The van der Waals surface area contributed by atoms with Gasteiger partial charge >= 0.3 is 0 Å². The van der Waals surface area contributed by atoms with Crippen LogP contribution in [-0.4, -0.2) is 13.0 Å². The molecule has 64 valence electrons. The van der Waals surface area contributed by atoms with Crippen molar-refractivity contribution in [2.45, 2.75) is 6.92 Å². The summed E-state index contributed by atoms with van der Waals surface area (Å²) >= 11 is 0. The fraction of sp³-hybridized carbons (Fsp3) is 0.222. The van der Waals surface area contributed by atoms with Gasteiger partial charge < -0.3 is 9.73 Å². The van der Waals surface area contributed by atoms with Gasteiger partial charge in [0.25, 0.3) is 5.91 Å². The first-order valence-corrected chi connectivity index (χ1v) is 3.72. The molecule has 1 N–H and O–H groups in total. The van der Waals surface area contributed by atoms with Crippen molar-refractivity contribution in [3.05, 3.63) is 29.7 Å². The van der Waals surface area contributed by atoms with Gasteiger partial charge in [-0.05, 0) is 25.1 Å². The molecule has 0 aromatic carbocycles. The number of furan rings is 1. The normalized spacial score (nSPS) is 10.5. The maximum atomic E-state index is 11.0. The molecule has 1 rings (SSSR count). The van der Waals surface area contributed by atoms with E-state index in [4.69, 9.17) is 4.42 Å². The number of rotatable bonds is 2. The second-order valence-corrected chi connectivity index (χ2v) is 2.28. The molecule has 3 heteroatoms. The molecule has 12 heavy (non-hydrogen) atoms. The van der Waals surface area contributed by atoms with Gasteiger partial charge in [0.05, 0.1) is 0 Å². The van der Waals surface area contributed by atoms with Crippen LogP contribution in [0.4, 0.5) is 0 Å². The van der Waals surface area contributed by atoms with E-state index in [1.807, 2.05) is 13.0 Å². The molecule has 0 saturated heterocycles. The van der Waals surface area contributed by atoms with Crippen molar-refractivity contribution in [3.8, 4) is 0 Å². The molecule has 0 bridgehead atoms. The lowest BCUT2D eigenvalue weighted by molar-refractivity contribution is 0.0935. The predicted octanol–water partition coefficient (Wildman–Crippen LogP) is 1.67. The molecule has 0 aliphatic carbocycles. The van der Waals surface area contributed by atoms with Crippen LogP contribution in [0.2, 0.25) is 0 Å². The minimum atomic E-state index is -0.203. The summed E-state index contributed by atoms with van der Waals surface area (Å²) in [7, 11) is 1.57. The van der Waals surface area contributed by atoms with Crippen molar-refractivity contribution in [1.82, 2.24) is 5.32 Å². The third kappa shape index (κ3) is 1.75. The number of carbonyl (C=O) groups excluding carboxylic acids is 1. The van der Waals surface area contributed by atoms with E-state index in [-0.39, 0.29) is 5.91 Å². The smallest absolute Gasteiger partial charge is 0.286 e. The lowest BCUT2D eigenvalue weighted by Gasteiger charge is -1.91. The van der Waals surface area contributed by atoms with Crippen LogP contribution in [0.15, 0.2) is 22.6 Å². The average molecular weight is 165 g/mol. The number of hydrogen-bond acceptors (Lipinski definition) is 2. The van der Waals surface area contributed by atoms with Crippen LogP contribution in [0.3, 0.4) is 0 Å². The Morgan fingerprint density at radius 2 is 2.33 bits per heavy atom. The number of allylic oxidation sites excluding steroid dienone is 1. The number of amides is 1. The van der Waals surface area contributed by atoms with Gasteiger partial charge in [-0.25, -0.2) is 0 Å². The molecule has 0 unspecified atom stereocenters. The zero-order valence-electron chi connectivity index (χ0n) is 7.13. The monoisotopic (exact) mass is 165 g/mol. The van der Waals surface area contributed by atoms with Crippen molar-refractivity contribution in [2.75, 3.05) is 7.05 Å². The molecule has 1 aromatic heterocycles. The Morgan fingerprint density at radius 3 is 2.92 bits per heavy atom.